The molecule has 1 atom stereocenters. The Morgan fingerprint density at radius 2 is 1.73 bits per heavy atom. The van der Waals surface area contributed by atoms with E-state index in [9.17, 15) is 14.4 Å². The first-order chi connectivity index (χ1) is 10.0. The van der Waals surface area contributed by atoms with Gasteiger partial charge in [0.1, 0.15) is 5.78 Å². The smallest absolute Gasteiger partial charge is 0.229 e. The highest BCUT2D eigenvalue weighted by Gasteiger charge is 2.41. The van der Waals surface area contributed by atoms with Gasteiger partial charge in [-0.2, -0.15) is 0 Å². The Hall–Kier alpha value is -1.19. The highest BCUT2D eigenvalue weighted by Crippen LogP contribution is 2.37. The second kappa shape index (κ2) is 6.93. The molecule has 1 saturated heterocycles. The van der Waals surface area contributed by atoms with Gasteiger partial charge >= 0.3 is 0 Å². The van der Waals surface area contributed by atoms with E-state index in [1.54, 1.807) is 0 Å². The summed E-state index contributed by atoms with van der Waals surface area (Å²) in [5.41, 5.74) is -0.435. The third kappa shape index (κ3) is 4.65. The van der Waals surface area contributed by atoms with Gasteiger partial charge in [-0.05, 0) is 23.7 Å². The molecule has 0 N–H and O–H groups in total. The first kappa shape index (κ1) is 18.9. The van der Waals surface area contributed by atoms with Crippen molar-refractivity contribution < 1.29 is 14.4 Å². The Bertz CT molecular complexity index is 435. The molecule has 0 aromatic heterocycles. The summed E-state index contributed by atoms with van der Waals surface area (Å²) in [6, 6.07) is 0. The van der Waals surface area contributed by atoms with Gasteiger partial charge in [0.05, 0.1) is 0 Å². The van der Waals surface area contributed by atoms with Crippen molar-refractivity contribution in [1.82, 2.24) is 4.90 Å². The van der Waals surface area contributed by atoms with Crippen LogP contribution in [0.3, 0.4) is 0 Å². The molecule has 0 aromatic carbocycles. The maximum Gasteiger partial charge on any atom is 0.229 e. The van der Waals surface area contributed by atoms with E-state index in [1.807, 2.05) is 41.5 Å². The number of Topliss-reactive ketones (excluding diaryl/α,β-unsaturated/α-hetero) is 1. The Labute approximate surface area is 134 Å². The molecule has 1 aliphatic rings. The number of ketones is 1. The van der Waals surface area contributed by atoms with Crippen molar-refractivity contribution in [3.8, 4) is 0 Å². The second-order valence-corrected chi connectivity index (χ2v) is 7.98. The number of hydrogen-bond acceptors (Lipinski definition) is 3. The SMILES string of the molecule is CCC(=O)C(C)CC(C)(C)CN1C(=O)CC(C)(CC)CC1=O. The highest BCUT2D eigenvalue weighted by molar-refractivity contribution is 5.98. The molecule has 0 aromatic rings. The van der Waals surface area contributed by atoms with Crippen molar-refractivity contribution >= 4 is 17.6 Å². The van der Waals surface area contributed by atoms with Crippen LogP contribution in [0.25, 0.3) is 0 Å². The van der Waals surface area contributed by atoms with Gasteiger partial charge in [-0.15, -0.1) is 0 Å². The third-order valence-corrected chi connectivity index (χ3v) is 4.95. The first-order valence-corrected chi connectivity index (χ1v) is 8.39. The molecular formula is C18H31NO3. The number of likely N-dealkylation sites (tertiary alicyclic amines) is 1. The monoisotopic (exact) mass is 309 g/mol. The van der Waals surface area contributed by atoms with Crippen LogP contribution in [-0.4, -0.2) is 29.0 Å². The lowest BCUT2D eigenvalue weighted by molar-refractivity contribution is -0.155. The molecule has 1 unspecified atom stereocenters. The normalized spacial score (nSPS) is 20.2. The van der Waals surface area contributed by atoms with Crippen molar-refractivity contribution in [3.05, 3.63) is 0 Å². The van der Waals surface area contributed by atoms with Crippen LogP contribution in [-0.2, 0) is 14.4 Å². The van der Waals surface area contributed by atoms with Gasteiger partial charge in [0, 0.05) is 31.7 Å². The van der Waals surface area contributed by atoms with E-state index in [0.717, 1.165) is 6.42 Å². The number of piperidine rings is 1. The number of nitrogens with zero attached hydrogens (tertiary/aromatic N) is 1. The van der Waals surface area contributed by atoms with Crippen LogP contribution < -0.4 is 0 Å². The van der Waals surface area contributed by atoms with Gasteiger partial charge in [-0.1, -0.05) is 41.5 Å². The second-order valence-electron chi connectivity index (χ2n) is 7.98. The van der Waals surface area contributed by atoms with E-state index in [4.69, 9.17) is 0 Å². The van der Waals surface area contributed by atoms with E-state index in [1.165, 1.54) is 4.90 Å². The van der Waals surface area contributed by atoms with Crippen LogP contribution >= 0.6 is 0 Å². The minimum Gasteiger partial charge on any atom is -0.299 e. The van der Waals surface area contributed by atoms with E-state index in [0.29, 0.717) is 32.2 Å². The Kier molecular flexibility index (Phi) is 5.94. The van der Waals surface area contributed by atoms with Crippen molar-refractivity contribution in [2.24, 2.45) is 16.7 Å². The summed E-state index contributed by atoms with van der Waals surface area (Å²) in [5, 5.41) is 0. The number of carbonyl (C=O) groups is 3. The van der Waals surface area contributed by atoms with Gasteiger partial charge < -0.3 is 0 Å². The van der Waals surface area contributed by atoms with E-state index < -0.39 is 0 Å². The number of imide groups is 1. The van der Waals surface area contributed by atoms with Crippen molar-refractivity contribution in [2.45, 2.75) is 73.6 Å². The van der Waals surface area contributed by atoms with Crippen LogP contribution in [0.4, 0.5) is 0 Å². The van der Waals surface area contributed by atoms with Gasteiger partial charge in [-0.3, -0.25) is 19.3 Å². The first-order valence-electron chi connectivity index (χ1n) is 8.39. The topological polar surface area (TPSA) is 54.5 Å². The van der Waals surface area contributed by atoms with E-state index >= 15 is 0 Å². The molecule has 1 fully saturated rings. The summed E-state index contributed by atoms with van der Waals surface area (Å²) in [6.45, 7) is 12.3. The van der Waals surface area contributed by atoms with Crippen LogP contribution in [0.5, 0.6) is 0 Å². The molecule has 4 nitrogen and oxygen atoms in total. The molecule has 1 rings (SSSR count). The Balaban J connectivity index is 2.75. The van der Waals surface area contributed by atoms with Crippen molar-refractivity contribution in [2.75, 3.05) is 6.54 Å². The molecule has 0 spiro atoms. The average molecular weight is 309 g/mol. The third-order valence-electron chi connectivity index (χ3n) is 4.95. The van der Waals surface area contributed by atoms with Gasteiger partial charge in [0.25, 0.3) is 0 Å². The van der Waals surface area contributed by atoms with Crippen molar-refractivity contribution in [3.63, 3.8) is 0 Å². The predicted molar refractivity (Wildman–Crippen MR) is 87.2 cm³/mol. The van der Waals surface area contributed by atoms with Crippen molar-refractivity contribution in [1.29, 1.82) is 0 Å². The standard InChI is InChI=1S/C18H31NO3/c1-7-14(20)13(3)9-17(4,5)12-19-15(21)10-18(6,8-2)11-16(19)22/h13H,7-12H2,1-6H3. The van der Waals surface area contributed by atoms with Gasteiger partial charge in [0.15, 0.2) is 0 Å². The highest BCUT2D eigenvalue weighted by atomic mass is 16.2. The van der Waals surface area contributed by atoms with Gasteiger partial charge in [0.2, 0.25) is 11.8 Å². The van der Waals surface area contributed by atoms with E-state index in [-0.39, 0.29) is 34.3 Å². The lowest BCUT2D eigenvalue weighted by Crippen LogP contribution is -2.50. The van der Waals surface area contributed by atoms with Crippen LogP contribution in [0, 0.1) is 16.7 Å². The molecule has 1 aliphatic heterocycles. The Morgan fingerprint density at radius 3 is 2.14 bits per heavy atom. The fourth-order valence-corrected chi connectivity index (χ4v) is 3.33. The fraction of sp³-hybridized carbons (Fsp3) is 0.833. The van der Waals surface area contributed by atoms with Crippen LogP contribution in [0.1, 0.15) is 73.6 Å². The molecule has 22 heavy (non-hydrogen) atoms. The molecule has 0 saturated carbocycles. The molecule has 0 bridgehead atoms. The predicted octanol–water partition coefficient (Wildman–Crippen LogP) is 3.58. The molecule has 1 heterocycles. The number of carbonyl (C=O) groups excluding carboxylic acids is 3. The lowest BCUT2D eigenvalue weighted by atomic mass is 9.76. The summed E-state index contributed by atoms with van der Waals surface area (Å²) in [6.07, 6.45) is 2.95. The summed E-state index contributed by atoms with van der Waals surface area (Å²) in [5.74, 6) is 0.0742. The van der Waals surface area contributed by atoms with Crippen LogP contribution in [0.15, 0.2) is 0 Å². The Morgan fingerprint density at radius 1 is 1.23 bits per heavy atom. The molecule has 126 valence electrons. The lowest BCUT2D eigenvalue weighted by Gasteiger charge is -2.40. The summed E-state index contributed by atoms with van der Waals surface area (Å²) in [4.78, 5) is 37.9. The maximum atomic E-state index is 12.4. The van der Waals surface area contributed by atoms with Gasteiger partial charge in [-0.25, -0.2) is 0 Å². The number of hydrogen-bond donors (Lipinski definition) is 0. The maximum absolute atomic E-state index is 12.4. The number of amides is 2. The molecule has 2 amide bonds. The molecule has 0 radical (unpaired) electrons. The summed E-state index contributed by atoms with van der Waals surface area (Å²) >= 11 is 0. The summed E-state index contributed by atoms with van der Waals surface area (Å²) < 4.78 is 0. The van der Waals surface area contributed by atoms with Crippen LogP contribution in [0.2, 0.25) is 0 Å². The fourth-order valence-electron chi connectivity index (χ4n) is 3.33. The number of rotatable bonds is 7. The molecule has 0 aliphatic carbocycles. The zero-order valence-corrected chi connectivity index (χ0v) is 15.0. The zero-order valence-electron chi connectivity index (χ0n) is 15.0. The van der Waals surface area contributed by atoms with E-state index in [2.05, 4.69) is 0 Å². The minimum absolute atomic E-state index is 0.0316. The molecule has 4 heteroatoms. The minimum atomic E-state index is -0.241. The molecular weight excluding hydrogens is 278 g/mol. The quantitative estimate of drug-likeness (QED) is 0.675. The average Bonchev–Trinajstić information content (AvgIpc) is 2.41. The largest absolute Gasteiger partial charge is 0.299 e. The summed E-state index contributed by atoms with van der Waals surface area (Å²) in [7, 11) is 0. The zero-order chi connectivity index (χ0) is 17.1.